The summed E-state index contributed by atoms with van der Waals surface area (Å²) in [6.07, 6.45) is -0.0108. The predicted octanol–water partition coefficient (Wildman–Crippen LogP) is 1.31. The molecular weight excluding hydrogens is 262 g/mol. The van der Waals surface area contributed by atoms with Gasteiger partial charge in [-0.05, 0) is 26.0 Å². The summed E-state index contributed by atoms with van der Waals surface area (Å²) in [7, 11) is 0. The number of primary amides is 1. The van der Waals surface area contributed by atoms with Crippen LogP contribution in [0.4, 0.5) is 11.4 Å². The van der Waals surface area contributed by atoms with Crippen LogP contribution >= 0.6 is 0 Å². The minimum atomic E-state index is -0.677. The molecule has 2 rings (SSSR count). The number of nitrogens with two attached hydrogens (primary N) is 1. The van der Waals surface area contributed by atoms with Crippen molar-refractivity contribution in [3.8, 4) is 0 Å². The van der Waals surface area contributed by atoms with Crippen molar-refractivity contribution in [2.45, 2.75) is 26.1 Å². The Hall–Kier alpha value is -2.15. The first kappa shape index (κ1) is 14.3. The number of nitro benzene ring substituents is 1. The third-order valence-corrected chi connectivity index (χ3v) is 3.22. The van der Waals surface area contributed by atoms with E-state index in [-0.39, 0.29) is 23.5 Å². The number of hydrogen-bond acceptors (Lipinski definition) is 5. The first-order valence-corrected chi connectivity index (χ1v) is 6.37. The zero-order valence-electron chi connectivity index (χ0n) is 11.4. The van der Waals surface area contributed by atoms with Crippen LogP contribution in [-0.2, 0) is 4.74 Å². The summed E-state index contributed by atoms with van der Waals surface area (Å²) in [4.78, 5) is 23.7. The van der Waals surface area contributed by atoms with E-state index in [9.17, 15) is 14.9 Å². The van der Waals surface area contributed by atoms with Crippen LogP contribution in [0, 0.1) is 10.1 Å². The number of rotatable bonds is 3. The van der Waals surface area contributed by atoms with Gasteiger partial charge in [-0.1, -0.05) is 0 Å². The lowest BCUT2D eigenvalue weighted by Crippen LogP contribution is -2.45. The van der Waals surface area contributed by atoms with Gasteiger partial charge in [-0.15, -0.1) is 0 Å². The second-order valence-corrected chi connectivity index (χ2v) is 4.99. The zero-order valence-corrected chi connectivity index (χ0v) is 11.4. The maximum atomic E-state index is 11.2. The third-order valence-electron chi connectivity index (χ3n) is 3.22. The topological polar surface area (TPSA) is 98.7 Å². The van der Waals surface area contributed by atoms with Gasteiger partial charge in [-0.25, -0.2) is 0 Å². The molecule has 1 amide bonds. The summed E-state index contributed by atoms with van der Waals surface area (Å²) < 4.78 is 5.61. The second-order valence-electron chi connectivity index (χ2n) is 4.99. The highest BCUT2D eigenvalue weighted by molar-refractivity contribution is 5.94. The molecule has 0 aromatic heterocycles. The monoisotopic (exact) mass is 279 g/mol. The average molecular weight is 279 g/mol. The van der Waals surface area contributed by atoms with Crippen LogP contribution in [-0.4, -0.2) is 36.1 Å². The van der Waals surface area contributed by atoms with Crippen LogP contribution in [0.15, 0.2) is 18.2 Å². The molecule has 2 unspecified atom stereocenters. The molecule has 1 aliphatic rings. The molecule has 0 bridgehead atoms. The highest BCUT2D eigenvalue weighted by atomic mass is 16.6. The molecule has 108 valence electrons. The van der Waals surface area contributed by atoms with Crippen LogP contribution in [0.1, 0.15) is 24.2 Å². The van der Waals surface area contributed by atoms with E-state index in [2.05, 4.69) is 0 Å². The number of benzene rings is 1. The van der Waals surface area contributed by atoms with Gasteiger partial charge in [-0.2, -0.15) is 0 Å². The first-order valence-electron chi connectivity index (χ1n) is 6.37. The third kappa shape index (κ3) is 2.88. The Bertz CT molecular complexity index is 536. The molecule has 1 aromatic rings. The fourth-order valence-corrected chi connectivity index (χ4v) is 2.46. The van der Waals surface area contributed by atoms with Crippen LogP contribution < -0.4 is 10.6 Å². The molecule has 7 nitrogen and oxygen atoms in total. The summed E-state index contributed by atoms with van der Waals surface area (Å²) in [6, 6.07) is 4.31. The molecule has 20 heavy (non-hydrogen) atoms. The number of amides is 1. The Kier molecular flexibility index (Phi) is 3.89. The number of nitrogens with zero attached hydrogens (tertiary/aromatic N) is 2. The Morgan fingerprint density at radius 3 is 2.50 bits per heavy atom. The lowest BCUT2D eigenvalue weighted by atomic mass is 10.1. The lowest BCUT2D eigenvalue weighted by Gasteiger charge is -2.36. The summed E-state index contributed by atoms with van der Waals surface area (Å²) in [6.45, 7) is 4.99. The van der Waals surface area contributed by atoms with Crippen LogP contribution in [0.2, 0.25) is 0 Å². The zero-order chi connectivity index (χ0) is 14.9. The van der Waals surface area contributed by atoms with Gasteiger partial charge in [-0.3, -0.25) is 14.9 Å². The molecule has 0 radical (unpaired) electrons. The number of carbonyl (C=O) groups excluding carboxylic acids is 1. The average Bonchev–Trinajstić information content (AvgIpc) is 2.36. The van der Waals surface area contributed by atoms with Crippen molar-refractivity contribution in [1.29, 1.82) is 0 Å². The Morgan fingerprint density at radius 1 is 1.40 bits per heavy atom. The molecule has 1 aromatic carbocycles. The molecule has 7 heteroatoms. The van der Waals surface area contributed by atoms with E-state index in [1.807, 2.05) is 18.7 Å². The minimum Gasteiger partial charge on any atom is -0.372 e. The van der Waals surface area contributed by atoms with Crippen molar-refractivity contribution in [2.75, 3.05) is 18.0 Å². The molecule has 0 saturated carbocycles. The van der Waals surface area contributed by atoms with Gasteiger partial charge in [0.05, 0.1) is 17.1 Å². The standard InChI is InChI=1S/C13H17N3O4/c1-8-6-15(7-9(2)20-8)11-4-3-10(13(14)17)5-12(11)16(18)19/h3-5,8-9H,6-7H2,1-2H3,(H2,14,17). The van der Waals surface area contributed by atoms with E-state index in [0.717, 1.165) is 0 Å². The summed E-state index contributed by atoms with van der Waals surface area (Å²) in [5.74, 6) is -0.677. The van der Waals surface area contributed by atoms with Gasteiger partial charge in [0.25, 0.3) is 5.69 Å². The van der Waals surface area contributed by atoms with Crippen LogP contribution in [0.3, 0.4) is 0 Å². The second kappa shape index (κ2) is 5.46. The van der Waals surface area contributed by atoms with Crippen molar-refractivity contribution in [1.82, 2.24) is 0 Å². The normalized spacial score (nSPS) is 22.6. The van der Waals surface area contributed by atoms with Crippen molar-refractivity contribution in [3.63, 3.8) is 0 Å². The highest BCUT2D eigenvalue weighted by Gasteiger charge is 2.27. The van der Waals surface area contributed by atoms with Gasteiger partial charge in [0.2, 0.25) is 5.91 Å². The fraction of sp³-hybridized carbons (Fsp3) is 0.462. The first-order chi connectivity index (χ1) is 9.38. The summed E-state index contributed by atoms with van der Waals surface area (Å²) >= 11 is 0. The summed E-state index contributed by atoms with van der Waals surface area (Å²) in [5.41, 5.74) is 5.67. The van der Waals surface area contributed by atoms with Crippen LogP contribution in [0.5, 0.6) is 0 Å². The molecular formula is C13H17N3O4. The van der Waals surface area contributed by atoms with E-state index in [1.165, 1.54) is 12.1 Å². The molecule has 1 aliphatic heterocycles. The van der Waals surface area contributed by atoms with Crippen molar-refractivity contribution in [2.24, 2.45) is 5.73 Å². The largest absolute Gasteiger partial charge is 0.372 e. The van der Waals surface area contributed by atoms with Crippen molar-refractivity contribution in [3.05, 3.63) is 33.9 Å². The van der Waals surface area contributed by atoms with Gasteiger partial charge >= 0.3 is 0 Å². The van der Waals surface area contributed by atoms with E-state index >= 15 is 0 Å². The Morgan fingerprint density at radius 2 is 2.00 bits per heavy atom. The van der Waals surface area contributed by atoms with E-state index in [4.69, 9.17) is 10.5 Å². The van der Waals surface area contributed by atoms with Crippen molar-refractivity contribution < 1.29 is 14.5 Å². The maximum Gasteiger partial charge on any atom is 0.293 e. The van der Waals surface area contributed by atoms with Gasteiger partial charge in [0, 0.05) is 24.7 Å². The van der Waals surface area contributed by atoms with Gasteiger partial charge in [0.1, 0.15) is 5.69 Å². The number of hydrogen-bond donors (Lipinski definition) is 1. The van der Waals surface area contributed by atoms with E-state index in [0.29, 0.717) is 18.8 Å². The molecule has 0 spiro atoms. The highest BCUT2D eigenvalue weighted by Crippen LogP contribution is 2.31. The van der Waals surface area contributed by atoms with Gasteiger partial charge < -0.3 is 15.4 Å². The lowest BCUT2D eigenvalue weighted by molar-refractivity contribution is -0.384. The number of carbonyl (C=O) groups is 1. The van der Waals surface area contributed by atoms with Crippen molar-refractivity contribution >= 4 is 17.3 Å². The van der Waals surface area contributed by atoms with Crippen LogP contribution in [0.25, 0.3) is 0 Å². The molecule has 1 fully saturated rings. The quantitative estimate of drug-likeness (QED) is 0.664. The molecule has 2 atom stereocenters. The summed E-state index contributed by atoms with van der Waals surface area (Å²) in [5, 5.41) is 11.2. The number of ether oxygens (including phenoxy) is 1. The molecule has 1 saturated heterocycles. The molecule has 0 aliphatic carbocycles. The molecule has 2 N–H and O–H groups in total. The smallest absolute Gasteiger partial charge is 0.293 e. The minimum absolute atomic E-state index is 0.00540. The Labute approximate surface area is 116 Å². The van der Waals surface area contributed by atoms with E-state index < -0.39 is 10.8 Å². The Balaban J connectivity index is 2.40. The number of nitro groups is 1. The van der Waals surface area contributed by atoms with E-state index in [1.54, 1.807) is 6.07 Å². The fourth-order valence-electron chi connectivity index (χ4n) is 2.46. The predicted molar refractivity (Wildman–Crippen MR) is 73.8 cm³/mol. The van der Waals surface area contributed by atoms with Gasteiger partial charge in [0.15, 0.2) is 0 Å². The maximum absolute atomic E-state index is 11.2. The SMILES string of the molecule is CC1CN(c2ccc(C(N)=O)cc2[N+](=O)[O-])CC(C)O1. The number of anilines is 1. The molecule has 1 heterocycles. The number of morpholine rings is 1.